The highest BCUT2D eigenvalue weighted by atomic mass is 16.5. The molecule has 1 saturated carbocycles. The molecule has 6 rings (SSSR count). The minimum atomic E-state index is -0.103. The summed E-state index contributed by atoms with van der Waals surface area (Å²) in [6.07, 6.45) is 6.54. The van der Waals surface area contributed by atoms with Crippen LogP contribution in [0.15, 0.2) is 36.8 Å². The summed E-state index contributed by atoms with van der Waals surface area (Å²) >= 11 is 0. The predicted molar refractivity (Wildman–Crippen MR) is 137 cm³/mol. The van der Waals surface area contributed by atoms with Crippen molar-refractivity contribution in [2.45, 2.75) is 45.3 Å². The number of ether oxygens (including phenoxy) is 1. The summed E-state index contributed by atoms with van der Waals surface area (Å²) in [6.45, 7) is 7.39. The van der Waals surface area contributed by atoms with Crippen LogP contribution in [-0.4, -0.2) is 70.1 Å². The van der Waals surface area contributed by atoms with E-state index in [1.54, 1.807) is 6.92 Å². The molecule has 2 saturated heterocycles. The number of anilines is 1. The van der Waals surface area contributed by atoms with Gasteiger partial charge in [-0.3, -0.25) is 14.6 Å². The average Bonchev–Trinajstić information content (AvgIpc) is 3.49. The van der Waals surface area contributed by atoms with Gasteiger partial charge in [-0.05, 0) is 44.0 Å². The van der Waals surface area contributed by atoms with Crippen molar-refractivity contribution < 1.29 is 14.3 Å². The van der Waals surface area contributed by atoms with Gasteiger partial charge in [-0.2, -0.15) is 0 Å². The Labute approximate surface area is 210 Å². The number of rotatable bonds is 6. The van der Waals surface area contributed by atoms with Crippen molar-refractivity contribution in [2.75, 3.05) is 37.6 Å². The molecule has 1 aliphatic carbocycles. The lowest BCUT2D eigenvalue weighted by Gasteiger charge is -2.35. The van der Waals surface area contributed by atoms with Gasteiger partial charge in [0.2, 0.25) is 11.8 Å². The van der Waals surface area contributed by atoms with Crippen LogP contribution in [0.1, 0.15) is 39.2 Å². The third-order valence-electron chi connectivity index (χ3n) is 7.69. The number of nitrogens with zero attached hydrogens (tertiary/aromatic N) is 5. The Balaban J connectivity index is 1.27. The fraction of sp³-hybridized carbons (Fsp3) is 0.481. The molecule has 2 amide bonds. The molecule has 188 valence electrons. The SMILES string of the molecule is CC(=O)N1CCN(c2ccc(-c3cc(O[C@H](C)C4CNC(=O)C4)c4c(c3)ncn4C3CC3)nc2)CC1. The van der Waals surface area contributed by atoms with E-state index in [1.165, 1.54) is 0 Å². The molecule has 3 aromatic rings. The van der Waals surface area contributed by atoms with Gasteiger partial charge in [-0.15, -0.1) is 0 Å². The van der Waals surface area contributed by atoms with Crippen LogP contribution in [0.4, 0.5) is 5.69 Å². The summed E-state index contributed by atoms with van der Waals surface area (Å²) < 4.78 is 8.76. The van der Waals surface area contributed by atoms with Gasteiger partial charge in [0.15, 0.2) is 0 Å². The van der Waals surface area contributed by atoms with Crippen LogP contribution >= 0.6 is 0 Å². The molecule has 0 bridgehead atoms. The molecule has 0 radical (unpaired) electrons. The number of carbonyl (C=O) groups excluding carboxylic acids is 2. The molecule has 2 atom stereocenters. The molecule has 1 aromatic carbocycles. The number of aromatic nitrogens is 3. The first-order valence-electron chi connectivity index (χ1n) is 12.9. The van der Waals surface area contributed by atoms with Gasteiger partial charge < -0.3 is 24.4 Å². The van der Waals surface area contributed by atoms with Crippen LogP contribution in [0, 0.1) is 5.92 Å². The Kier molecular flexibility index (Phi) is 5.78. The third-order valence-corrected chi connectivity index (χ3v) is 7.69. The summed E-state index contributed by atoms with van der Waals surface area (Å²) in [6, 6.07) is 8.77. The van der Waals surface area contributed by atoms with E-state index in [1.807, 2.05) is 30.4 Å². The molecular formula is C27H32N6O3. The van der Waals surface area contributed by atoms with Crippen molar-refractivity contribution in [2.24, 2.45) is 5.92 Å². The van der Waals surface area contributed by atoms with Crippen LogP contribution in [0.2, 0.25) is 0 Å². The van der Waals surface area contributed by atoms with E-state index in [9.17, 15) is 9.59 Å². The van der Waals surface area contributed by atoms with Gasteiger partial charge in [0, 0.05) is 63.6 Å². The molecule has 3 aliphatic rings. The van der Waals surface area contributed by atoms with Crippen LogP contribution in [0.3, 0.4) is 0 Å². The number of fused-ring (bicyclic) bond motifs is 1. The van der Waals surface area contributed by atoms with Crippen molar-refractivity contribution in [3.63, 3.8) is 0 Å². The molecule has 2 aromatic heterocycles. The van der Waals surface area contributed by atoms with Crippen LogP contribution < -0.4 is 15.0 Å². The lowest BCUT2D eigenvalue weighted by molar-refractivity contribution is -0.129. The maximum atomic E-state index is 11.8. The first kappa shape index (κ1) is 22.8. The molecule has 9 nitrogen and oxygen atoms in total. The van der Waals surface area contributed by atoms with Gasteiger partial charge in [0.1, 0.15) is 17.4 Å². The zero-order chi connectivity index (χ0) is 24.8. The van der Waals surface area contributed by atoms with Gasteiger partial charge in [-0.1, -0.05) is 0 Å². The van der Waals surface area contributed by atoms with Crippen molar-refractivity contribution in [3.8, 4) is 17.0 Å². The van der Waals surface area contributed by atoms with Crippen LogP contribution in [0.5, 0.6) is 5.75 Å². The molecular weight excluding hydrogens is 456 g/mol. The van der Waals surface area contributed by atoms with E-state index < -0.39 is 0 Å². The largest absolute Gasteiger partial charge is 0.488 e. The highest BCUT2D eigenvalue weighted by molar-refractivity contribution is 5.88. The van der Waals surface area contributed by atoms with E-state index in [-0.39, 0.29) is 23.8 Å². The number of hydrogen-bond donors (Lipinski definition) is 1. The number of hydrogen-bond acceptors (Lipinski definition) is 6. The second-order valence-electron chi connectivity index (χ2n) is 10.2. The number of pyridine rings is 1. The molecule has 0 spiro atoms. The van der Waals surface area contributed by atoms with Crippen LogP contribution in [-0.2, 0) is 9.59 Å². The summed E-state index contributed by atoms with van der Waals surface area (Å²) in [5, 5.41) is 2.92. The second-order valence-corrected chi connectivity index (χ2v) is 10.2. The third kappa shape index (κ3) is 4.38. The van der Waals surface area contributed by atoms with Gasteiger partial charge in [0.25, 0.3) is 0 Å². The zero-order valence-electron chi connectivity index (χ0n) is 20.8. The van der Waals surface area contributed by atoms with E-state index in [0.29, 0.717) is 19.0 Å². The molecule has 9 heteroatoms. The molecule has 1 N–H and O–H groups in total. The smallest absolute Gasteiger partial charge is 0.220 e. The minimum absolute atomic E-state index is 0.0874. The fourth-order valence-corrected chi connectivity index (χ4v) is 5.28. The lowest BCUT2D eigenvalue weighted by atomic mass is 10.0. The standard InChI is InChI=1S/C27H32N6O3/c1-17(20-13-26(35)29-14-20)36-25-12-19(11-24-27(25)33(16-30-24)21-3-4-21)23-6-5-22(15-28-23)32-9-7-31(8-10-32)18(2)34/h5-6,11-12,15-17,20-21H,3-4,7-10,13-14H2,1-2H3,(H,29,35)/t17-,20?/m1/s1. The van der Waals surface area contributed by atoms with E-state index in [0.717, 1.165) is 72.7 Å². The maximum Gasteiger partial charge on any atom is 0.220 e. The normalized spacial score (nSPS) is 21.1. The summed E-state index contributed by atoms with van der Waals surface area (Å²) in [5.41, 5.74) is 4.79. The summed E-state index contributed by atoms with van der Waals surface area (Å²) in [5.74, 6) is 1.16. The van der Waals surface area contributed by atoms with Gasteiger partial charge in [0.05, 0.1) is 29.4 Å². The molecule has 2 aliphatic heterocycles. The highest BCUT2D eigenvalue weighted by Crippen LogP contribution is 2.41. The van der Waals surface area contributed by atoms with Gasteiger partial charge >= 0.3 is 0 Å². The summed E-state index contributed by atoms with van der Waals surface area (Å²) in [4.78, 5) is 37.0. The van der Waals surface area contributed by atoms with Crippen molar-refractivity contribution in [1.82, 2.24) is 24.8 Å². The van der Waals surface area contributed by atoms with Crippen molar-refractivity contribution in [1.29, 1.82) is 0 Å². The predicted octanol–water partition coefficient (Wildman–Crippen LogP) is 3.01. The number of benzene rings is 1. The quantitative estimate of drug-likeness (QED) is 0.574. The Morgan fingerprint density at radius 3 is 2.58 bits per heavy atom. The Morgan fingerprint density at radius 1 is 1.14 bits per heavy atom. The highest BCUT2D eigenvalue weighted by Gasteiger charge is 2.31. The maximum absolute atomic E-state index is 11.8. The second kappa shape index (κ2) is 9.11. The summed E-state index contributed by atoms with van der Waals surface area (Å²) in [7, 11) is 0. The number of nitrogens with one attached hydrogen (secondary N) is 1. The first-order chi connectivity index (χ1) is 17.5. The number of piperazine rings is 1. The fourth-order valence-electron chi connectivity index (χ4n) is 5.28. The monoisotopic (exact) mass is 488 g/mol. The van der Waals surface area contributed by atoms with Gasteiger partial charge in [-0.25, -0.2) is 4.98 Å². The van der Waals surface area contributed by atoms with Crippen molar-refractivity contribution in [3.05, 3.63) is 36.8 Å². The lowest BCUT2D eigenvalue weighted by Crippen LogP contribution is -2.48. The average molecular weight is 489 g/mol. The Bertz CT molecular complexity index is 1290. The minimum Gasteiger partial charge on any atom is -0.488 e. The molecule has 1 unspecified atom stereocenters. The topological polar surface area (TPSA) is 92.6 Å². The Hall–Kier alpha value is -3.62. The van der Waals surface area contributed by atoms with Crippen LogP contribution in [0.25, 0.3) is 22.3 Å². The first-order valence-corrected chi connectivity index (χ1v) is 12.9. The molecule has 3 fully saturated rings. The Morgan fingerprint density at radius 2 is 1.94 bits per heavy atom. The number of imidazole rings is 1. The molecule has 4 heterocycles. The zero-order valence-corrected chi connectivity index (χ0v) is 20.8. The van der Waals surface area contributed by atoms with E-state index in [2.05, 4.69) is 33.0 Å². The van der Waals surface area contributed by atoms with E-state index in [4.69, 9.17) is 14.7 Å². The number of carbonyl (C=O) groups is 2. The van der Waals surface area contributed by atoms with Crippen molar-refractivity contribution >= 4 is 28.5 Å². The number of amides is 2. The van der Waals surface area contributed by atoms with E-state index >= 15 is 0 Å². The molecule has 36 heavy (non-hydrogen) atoms.